The number of ether oxygens (including phenoxy) is 1. The van der Waals surface area contributed by atoms with Gasteiger partial charge in [-0.15, -0.1) is 0 Å². The van der Waals surface area contributed by atoms with Crippen molar-refractivity contribution in [1.82, 2.24) is 5.01 Å². The van der Waals surface area contributed by atoms with Gasteiger partial charge in [0.25, 0.3) is 0 Å². The molecule has 0 saturated carbocycles. The fraction of sp³-hybridized carbons (Fsp3) is 0.263. The zero-order valence-corrected chi connectivity index (χ0v) is 15.5. The molecule has 6 heteroatoms. The third-order valence-corrected chi connectivity index (χ3v) is 4.78. The van der Waals surface area contributed by atoms with Crippen LogP contribution in [0, 0.1) is 0 Å². The van der Waals surface area contributed by atoms with Crippen LogP contribution >= 0.6 is 23.2 Å². The van der Waals surface area contributed by atoms with Crippen LogP contribution in [0.1, 0.15) is 36.9 Å². The monoisotopic (exact) mass is 376 g/mol. The van der Waals surface area contributed by atoms with E-state index in [4.69, 9.17) is 27.9 Å². The second-order valence-corrected chi connectivity index (χ2v) is 6.60. The molecule has 3 rings (SSSR count). The van der Waals surface area contributed by atoms with E-state index in [1.165, 1.54) is 5.01 Å². The summed E-state index contributed by atoms with van der Waals surface area (Å²) in [4.78, 5) is 12.4. The van der Waals surface area contributed by atoms with Crippen molar-refractivity contribution in [3.8, 4) is 5.75 Å². The number of hydrazone groups is 1. The number of carbonyl (C=O) groups excluding carboxylic acids is 1. The van der Waals surface area contributed by atoms with Gasteiger partial charge in [0.1, 0.15) is 5.75 Å². The predicted octanol–water partition coefficient (Wildman–Crippen LogP) is 5.09. The van der Waals surface area contributed by atoms with E-state index >= 15 is 0 Å². The van der Waals surface area contributed by atoms with Gasteiger partial charge in [0.2, 0.25) is 5.91 Å². The van der Waals surface area contributed by atoms with Crippen LogP contribution in [0.4, 0.5) is 0 Å². The highest BCUT2D eigenvalue weighted by Crippen LogP contribution is 2.37. The van der Waals surface area contributed by atoms with Crippen LogP contribution in [-0.2, 0) is 4.79 Å². The van der Waals surface area contributed by atoms with Gasteiger partial charge in [-0.1, -0.05) is 36.2 Å². The summed E-state index contributed by atoms with van der Waals surface area (Å²) in [6.07, 6.45) is 0.973. The number of carbonyl (C=O) groups is 1. The minimum absolute atomic E-state index is 0.0421. The van der Waals surface area contributed by atoms with Gasteiger partial charge in [-0.3, -0.25) is 4.79 Å². The molecule has 1 aliphatic heterocycles. The summed E-state index contributed by atoms with van der Waals surface area (Å²) in [7, 11) is 1.63. The number of amides is 1. The molecular formula is C19H18Cl2N2O2. The van der Waals surface area contributed by atoms with E-state index in [1.807, 2.05) is 37.3 Å². The third-order valence-electron chi connectivity index (χ3n) is 4.21. The highest BCUT2D eigenvalue weighted by atomic mass is 35.5. The van der Waals surface area contributed by atoms with Crippen LogP contribution in [-0.4, -0.2) is 23.7 Å². The summed E-state index contributed by atoms with van der Waals surface area (Å²) in [5.74, 6) is 0.737. The summed E-state index contributed by atoms with van der Waals surface area (Å²) in [5, 5.41) is 7.22. The van der Waals surface area contributed by atoms with Crippen molar-refractivity contribution in [1.29, 1.82) is 0 Å². The first kappa shape index (κ1) is 17.8. The molecule has 0 saturated heterocycles. The molecule has 130 valence electrons. The molecule has 1 atom stereocenters. The molecule has 0 fully saturated rings. The fourth-order valence-corrected chi connectivity index (χ4v) is 3.41. The molecule has 0 N–H and O–H groups in total. The quantitative estimate of drug-likeness (QED) is 0.745. The lowest BCUT2D eigenvalue weighted by Gasteiger charge is -2.22. The Kier molecular flexibility index (Phi) is 5.30. The van der Waals surface area contributed by atoms with Crippen molar-refractivity contribution in [3.05, 3.63) is 63.6 Å². The van der Waals surface area contributed by atoms with Crippen LogP contribution in [0.15, 0.2) is 47.6 Å². The number of hydrogen-bond donors (Lipinski definition) is 0. The molecule has 0 aromatic heterocycles. The zero-order valence-electron chi connectivity index (χ0n) is 14.0. The van der Waals surface area contributed by atoms with Crippen molar-refractivity contribution in [2.24, 2.45) is 5.10 Å². The summed E-state index contributed by atoms with van der Waals surface area (Å²) in [6.45, 7) is 1.82. The van der Waals surface area contributed by atoms with E-state index in [0.29, 0.717) is 22.9 Å². The Balaban J connectivity index is 1.96. The van der Waals surface area contributed by atoms with Crippen molar-refractivity contribution in [3.63, 3.8) is 0 Å². The average Bonchev–Trinajstić information content (AvgIpc) is 3.06. The second kappa shape index (κ2) is 7.46. The number of nitrogens with zero attached hydrogens (tertiary/aromatic N) is 2. The van der Waals surface area contributed by atoms with Crippen molar-refractivity contribution < 1.29 is 9.53 Å². The second-order valence-electron chi connectivity index (χ2n) is 5.75. The van der Waals surface area contributed by atoms with E-state index in [-0.39, 0.29) is 11.9 Å². The molecule has 0 aliphatic carbocycles. The SMILES string of the molecule is CCC(=O)N1N=C(c2ccc(OC)cc2)C[C@@H]1c1ccc(Cl)cc1Cl. The van der Waals surface area contributed by atoms with Crippen LogP contribution in [0.3, 0.4) is 0 Å². The highest BCUT2D eigenvalue weighted by Gasteiger charge is 2.33. The molecule has 1 amide bonds. The van der Waals surface area contributed by atoms with E-state index in [2.05, 4.69) is 5.10 Å². The summed E-state index contributed by atoms with van der Waals surface area (Å²) in [6, 6.07) is 12.8. The predicted molar refractivity (Wildman–Crippen MR) is 100 cm³/mol. The molecule has 4 nitrogen and oxygen atoms in total. The molecular weight excluding hydrogens is 359 g/mol. The number of halogens is 2. The Hall–Kier alpha value is -2.04. The van der Waals surface area contributed by atoms with Gasteiger partial charge in [0, 0.05) is 22.9 Å². The maximum Gasteiger partial charge on any atom is 0.242 e. The number of hydrogen-bond acceptors (Lipinski definition) is 3. The van der Waals surface area contributed by atoms with Crippen LogP contribution < -0.4 is 4.74 Å². The number of methoxy groups -OCH3 is 1. The molecule has 2 aromatic rings. The summed E-state index contributed by atoms with van der Waals surface area (Å²) >= 11 is 12.4. The Morgan fingerprint density at radius 2 is 1.96 bits per heavy atom. The molecule has 0 spiro atoms. The molecule has 0 radical (unpaired) electrons. The minimum atomic E-state index is -0.227. The first-order valence-corrected chi connectivity index (χ1v) is 8.78. The normalized spacial score (nSPS) is 16.7. The van der Waals surface area contributed by atoms with Gasteiger partial charge >= 0.3 is 0 Å². The Labute approximate surface area is 157 Å². The molecule has 2 aromatic carbocycles. The highest BCUT2D eigenvalue weighted by molar-refractivity contribution is 6.35. The molecule has 1 aliphatic rings. The van der Waals surface area contributed by atoms with Gasteiger partial charge in [0.05, 0.1) is 18.9 Å². The summed E-state index contributed by atoms with van der Waals surface area (Å²) in [5.41, 5.74) is 2.66. The van der Waals surface area contributed by atoms with Crippen LogP contribution in [0.5, 0.6) is 5.75 Å². The number of benzene rings is 2. The third kappa shape index (κ3) is 3.65. The van der Waals surface area contributed by atoms with E-state index in [9.17, 15) is 4.79 Å². The lowest BCUT2D eigenvalue weighted by molar-refractivity contribution is -0.132. The van der Waals surface area contributed by atoms with Gasteiger partial charge in [-0.05, 0) is 47.5 Å². The van der Waals surface area contributed by atoms with E-state index in [1.54, 1.807) is 19.2 Å². The van der Waals surface area contributed by atoms with Crippen LogP contribution in [0.25, 0.3) is 0 Å². The van der Waals surface area contributed by atoms with Crippen LogP contribution in [0.2, 0.25) is 10.0 Å². The maximum atomic E-state index is 12.4. The zero-order chi connectivity index (χ0) is 18.0. The Bertz CT molecular complexity index is 819. The largest absolute Gasteiger partial charge is 0.497 e. The van der Waals surface area contributed by atoms with Crippen molar-refractivity contribution in [2.75, 3.05) is 7.11 Å². The number of rotatable bonds is 4. The molecule has 25 heavy (non-hydrogen) atoms. The average molecular weight is 377 g/mol. The minimum Gasteiger partial charge on any atom is -0.497 e. The van der Waals surface area contributed by atoms with Gasteiger partial charge < -0.3 is 4.74 Å². The first-order valence-electron chi connectivity index (χ1n) is 8.02. The van der Waals surface area contributed by atoms with E-state index in [0.717, 1.165) is 22.6 Å². The standard InChI is InChI=1S/C19H18Cl2N2O2/c1-3-19(24)23-18(15-9-6-13(20)10-16(15)21)11-17(22-23)12-4-7-14(25-2)8-5-12/h4-10,18H,3,11H2,1-2H3/t18-/m1/s1. The first-order chi connectivity index (χ1) is 12.0. The topological polar surface area (TPSA) is 41.9 Å². The fourth-order valence-electron chi connectivity index (χ4n) is 2.87. The van der Waals surface area contributed by atoms with Gasteiger partial charge in [0.15, 0.2) is 0 Å². The Morgan fingerprint density at radius 1 is 1.24 bits per heavy atom. The van der Waals surface area contributed by atoms with Gasteiger partial charge in [-0.2, -0.15) is 5.10 Å². The molecule has 0 bridgehead atoms. The van der Waals surface area contributed by atoms with Crippen molar-refractivity contribution in [2.45, 2.75) is 25.8 Å². The maximum absolute atomic E-state index is 12.4. The van der Waals surface area contributed by atoms with Gasteiger partial charge in [-0.25, -0.2) is 5.01 Å². The van der Waals surface area contributed by atoms with Crippen molar-refractivity contribution >= 4 is 34.8 Å². The molecule has 0 unspecified atom stereocenters. The lowest BCUT2D eigenvalue weighted by atomic mass is 9.98. The lowest BCUT2D eigenvalue weighted by Crippen LogP contribution is -2.26. The van der Waals surface area contributed by atoms with E-state index < -0.39 is 0 Å². The Morgan fingerprint density at radius 3 is 2.56 bits per heavy atom. The smallest absolute Gasteiger partial charge is 0.242 e. The molecule has 1 heterocycles. The summed E-state index contributed by atoms with van der Waals surface area (Å²) < 4.78 is 5.19.